The largest absolute Gasteiger partial charge is 0.458 e. The van der Waals surface area contributed by atoms with E-state index in [2.05, 4.69) is 18.8 Å². The van der Waals surface area contributed by atoms with Gasteiger partial charge in [-0.3, -0.25) is 4.79 Å². The van der Waals surface area contributed by atoms with Gasteiger partial charge in [0.2, 0.25) is 0 Å². The standard InChI is InChI=1S/C19H25NO4/c1-19(2)15-12(8-9-23-15)16(19)24-18(22)13-10-11-6-4-3-5-7-14(11)20-17(13)21/h10,12,15-16H,3-9H2,1-2H3,(H,20,21). The number of H-pyrrole nitrogens is 1. The van der Waals surface area contributed by atoms with Crippen molar-refractivity contribution < 1.29 is 14.3 Å². The van der Waals surface area contributed by atoms with Crippen molar-refractivity contribution in [3.8, 4) is 0 Å². The van der Waals surface area contributed by atoms with Crippen molar-refractivity contribution in [1.82, 2.24) is 4.98 Å². The number of ether oxygens (including phenoxy) is 2. The van der Waals surface area contributed by atoms with Crippen molar-refractivity contribution in [3.05, 3.63) is 33.2 Å². The molecule has 0 bridgehead atoms. The van der Waals surface area contributed by atoms with Crippen molar-refractivity contribution >= 4 is 5.97 Å². The molecule has 0 amide bonds. The fourth-order valence-electron chi connectivity index (χ4n) is 4.70. The van der Waals surface area contributed by atoms with Crippen LogP contribution in [0.1, 0.15) is 61.1 Å². The maximum Gasteiger partial charge on any atom is 0.344 e. The Morgan fingerprint density at radius 3 is 2.92 bits per heavy atom. The summed E-state index contributed by atoms with van der Waals surface area (Å²) in [6.45, 7) is 4.86. The van der Waals surface area contributed by atoms with Gasteiger partial charge < -0.3 is 14.5 Å². The Bertz CT molecular complexity index is 721. The van der Waals surface area contributed by atoms with E-state index >= 15 is 0 Å². The Hall–Kier alpha value is -1.62. The number of esters is 1. The molecule has 1 N–H and O–H groups in total. The SMILES string of the molecule is CC1(C)C2OCCC2C1OC(=O)c1cc2c([nH]c1=O)CCCCC2. The Balaban J connectivity index is 1.57. The molecule has 3 aliphatic rings. The lowest BCUT2D eigenvalue weighted by Crippen LogP contribution is -2.61. The van der Waals surface area contributed by atoms with E-state index in [9.17, 15) is 9.59 Å². The molecule has 130 valence electrons. The third kappa shape index (κ3) is 2.41. The number of hydrogen-bond acceptors (Lipinski definition) is 4. The summed E-state index contributed by atoms with van der Waals surface area (Å²) in [6.07, 6.45) is 6.08. The second-order valence-electron chi connectivity index (χ2n) is 7.97. The predicted octanol–water partition coefficient (Wildman–Crippen LogP) is 2.61. The molecule has 2 fully saturated rings. The number of aryl methyl sites for hydroxylation is 2. The molecule has 4 rings (SSSR count). The first kappa shape index (κ1) is 15.9. The van der Waals surface area contributed by atoms with Crippen molar-refractivity contribution in [2.45, 2.75) is 64.6 Å². The number of aromatic amines is 1. The van der Waals surface area contributed by atoms with Gasteiger partial charge >= 0.3 is 5.97 Å². The molecule has 3 unspecified atom stereocenters. The zero-order valence-electron chi connectivity index (χ0n) is 14.4. The Morgan fingerprint density at radius 1 is 1.29 bits per heavy atom. The molecule has 2 aliphatic carbocycles. The van der Waals surface area contributed by atoms with E-state index in [0.29, 0.717) is 0 Å². The van der Waals surface area contributed by atoms with Gasteiger partial charge in [0.15, 0.2) is 0 Å². The van der Waals surface area contributed by atoms with Crippen molar-refractivity contribution in [3.63, 3.8) is 0 Å². The lowest BCUT2D eigenvalue weighted by atomic mass is 9.59. The smallest absolute Gasteiger partial charge is 0.344 e. The number of pyridine rings is 1. The van der Waals surface area contributed by atoms with Crippen molar-refractivity contribution in [1.29, 1.82) is 0 Å². The first-order chi connectivity index (χ1) is 11.5. The van der Waals surface area contributed by atoms with Crippen LogP contribution in [0.5, 0.6) is 0 Å². The van der Waals surface area contributed by atoms with E-state index in [1.54, 1.807) is 6.07 Å². The highest BCUT2D eigenvalue weighted by Crippen LogP contribution is 2.53. The number of rotatable bonds is 2. The molecule has 0 spiro atoms. The zero-order valence-corrected chi connectivity index (χ0v) is 14.4. The summed E-state index contributed by atoms with van der Waals surface area (Å²) in [5, 5.41) is 0. The molecule has 0 aromatic carbocycles. The first-order valence-corrected chi connectivity index (χ1v) is 9.06. The summed E-state index contributed by atoms with van der Waals surface area (Å²) >= 11 is 0. The zero-order chi connectivity index (χ0) is 16.9. The minimum absolute atomic E-state index is 0.147. The van der Waals surface area contributed by atoms with Gasteiger partial charge in [-0.15, -0.1) is 0 Å². The van der Waals surface area contributed by atoms with E-state index < -0.39 is 5.97 Å². The van der Waals surface area contributed by atoms with Crippen LogP contribution in [0.3, 0.4) is 0 Å². The highest BCUT2D eigenvalue weighted by Gasteiger charge is 2.61. The van der Waals surface area contributed by atoms with Crippen LogP contribution in [-0.2, 0) is 22.3 Å². The average Bonchev–Trinajstić information content (AvgIpc) is 2.89. The van der Waals surface area contributed by atoms with Crippen LogP contribution in [0.4, 0.5) is 0 Å². The van der Waals surface area contributed by atoms with E-state index in [-0.39, 0.29) is 34.7 Å². The van der Waals surface area contributed by atoms with Gasteiger partial charge in [-0.1, -0.05) is 20.3 Å². The molecule has 5 nitrogen and oxygen atoms in total. The highest BCUT2D eigenvalue weighted by atomic mass is 16.6. The van der Waals surface area contributed by atoms with Gasteiger partial charge in [0.25, 0.3) is 5.56 Å². The van der Waals surface area contributed by atoms with Gasteiger partial charge in [0, 0.05) is 23.6 Å². The third-order valence-electron chi connectivity index (χ3n) is 6.03. The summed E-state index contributed by atoms with van der Waals surface area (Å²) in [7, 11) is 0. The molecule has 3 atom stereocenters. The van der Waals surface area contributed by atoms with Gasteiger partial charge in [-0.05, 0) is 43.7 Å². The van der Waals surface area contributed by atoms with Crippen LogP contribution < -0.4 is 5.56 Å². The summed E-state index contributed by atoms with van der Waals surface area (Å²) in [4.78, 5) is 27.9. The molecule has 1 saturated carbocycles. The highest BCUT2D eigenvalue weighted by molar-refractivity contribution is 5.89. The summed E-state index contributed by atoms with van der Waals surface area (Å²) in [5.74, 6) is -0.226. The molecule has 1 aromatic rings. The van der Waals surface area contributed by atoms with Crippen molar-refractivity contribution in [2.75, 3.05) is 6.61 Å². The third-order valence-corrected chi connectivity index (χ3v) is 6.03. The summed E-state index contributed by atoms with van der Waals surface area (Å²) in [5.41, 5.74) is 1.72. The summed E-state index contributed by atoms with van der Waals surface area (Å²) in [6, 6.07) is 1.76. The van der Waals surface area contributed by atoms with E-state index in [1.807, 2.05) is 0 Å². The Labute approximate surface area is 141 Å². The van der Waals surface area contributed by atoms with Crippen LogP contribution in [0.25, 0.3) is 0 Å². The quantitative estimate of drug-likeness (QED) is 0.668. The second-order valence-corrected chi connectivity index (χ2v) is 7.97. The molecular weight excluding hydrogens is 306 g/mol. The van der Waals surface area contributed by atoms with E-state index in [4.69, 9.17) is 9.47 Å². The first-order valence-electron chi connectivity index (χ1n) is 9.06. The lowest BCUT2D eigenvalue weighted by molar-refractivity contribution is -0.183. The molecule has 0 radical (unpaired) electrons. The van der Waals surface area contributed by atoms with Gasteiger partial charge in [-0.2, -0.15) is 0 Å². The van der Waals surface area contributed by atoms with Crippen LogP contribution in [-0.4, -0.2) is 29.8 Å². The summed E-state index contributed by atoms with van der Waals surface area (Å²) < 4.78 is 11.5. The lowest BCUT2D eigenvalue weighted by Gasteiger charge is -2.53. The van der Waals surface area contributed by atoms with Crippen LogP contribution in [0.2, 0.25) is 0 Å². The second kappa shape index (κ2) is 5.73. The number of hydrogen-bond donors (Lipinski definition) is 1. The minimum Gasteiger partial charge on any atom is -0.458 e. The van der Waals surface area contributed by atoms with Crippen molar-refractivity contribution in [2.24, 2.45) is 11.3 Å². The minimum atomic E-state index is -0.494. The van der Waals surface area contributed by atoms with E-state index in [1.165, 1.54) is 0 Å². The fraction of sp³-hybridized carbons (Fsp3) is 0.684. The molecule has 1 aromatic heterocycles. The number of fused-ring (bicyclic) bond motifs is 2. The molecule has 1 aliphatic heterocycles. The molecule has 1 saturated heterocycles. The fourth-order valence-corrected chi connectivity index (χ4v) is 4.70. The normalized spacial score (nSPS) is 30.7. The van der Waals surface area contributed by atoms with Crippen LogP contribution >= 0.6 is 0 Å². The van der Waals surface area contributed by atoms with Gasteiger partial charge in [0.1, 0.15) is 11.7 Å². The Morgan fingerprint density at radius 2 is 2.08 bits per heavy atom. The van der Waals surface area contributed by atoms with E-state index in [0.717, 1.165) is 56.4 Å². The monoisotopic (exact) mass is 331 g/mol. The van der Waals surface area contributed by atoms with Crippen LogP contribution in [0.15, 0.2) is 10.9 Å². The number of carbonyl (C=O) groups is 1. The van der Waals surface area contributed by atoms with Crippen LogP contribution in [0, 0.1) is 11.3 Å². The maximum absolute atomic E-state index is 12.6. The maximum atomic E-state index is 12.6. The molecular formula is C19H25NO4. The topological polar surface area (TPSA) is 68.4 Å². The number of aromatic nitrogens is 1. The van der Waals surface area contributed by atoms with Gasteiger partial charge in [-0.25, -0.2) is 4.79 Å². The van der Waals surface area contributed by atoms with Gasteiger partial charge in [0.05, 0.1) is 6.10 Å². The molecule has 5 heteroatoms. The average molecular weight is 331 g/mol. The Kier molecular flexibility index (Phi) is 3.79. The molecule has 2 heterocycles. The predicted molar refractivity (Wildman–Crippen MR) is 89.2 cm³/mol. The number of nitrogens with one attached hydrogen (secondary N) is 1. The molecule has 24 heavy (non-hydrogen) atoms. The number of carbonyl (C=O) groups excluding carboxylic acids is 1.